The van der Waals surface area contributed by atoms with Gasteiger partial charge in [-0.15, -0.1) is 0 Å². The molecule has 2 aromatic rings. The number of anilines is 2. The fourth-order valence-electron chi connectivity index (χ4n) is 4.76. The Balaban J connectivity index is 1.42. The lowest BCUT2D eigenvalue weighted by Gasteiger charge is -2.47. The van der Waals surface area contributed by atoms with Gasteiger partial charge in [0.2, 0.25) is 0 Å². The second-order valence-electron chi connectivity index (χ2n) is 8.34. The van der Waals surface area contributed by atoms with E-state index in [2.05, 4.69) is 66.7 Å². The highest BCUT2D eigenvalue weighted by molar-refractivity contribution is 5.59. The highest BCUT2D eigenvalue weighted by Crippen LogP contribution is 2.43. The zero-order valence-corrected chi connectivity index (χ0v) is 17.4. The number of rotatable bonds is 5. The molecule has 3 N–H and O–H groups in total. The SMILES string of the molecule is CCOc1ncc(F)c(Nc2n[nH]c3c2CN([C@H]2NCCN4C=CCC24)C3(C)C)n1. The summed E-state index contributed by atoms with van der Waals surface area (Å²) < 4.78 is 19.6. The molecule has 3 aliphatic rings. The summed E-state index contributed by atoms with van der Waals surface area (Å²) in [6.45, 7) is 9.31. The Morgan fingerprint density at radius 2 is 2.23 bits per heavy atom. The molecule has 2 aromatic heterocycles. The van der Waals surface area contributed by atoms with Crippen molar-refractivity contribution in [3.63, 3.8) is 0 Å². The molecule has 9 nitrogen and oxygen atoms in total. The summed E-state index contributed by atoms with van der Waals surface area (Å²) in [5.74, 6) is 0.0877. The van der Waals surface area contributed by atoms with E-state index in [1.54, 1.807) is 0 Å². The number of nitrogens with zero attached hydrogens (tertiary/aromatic N) is 5. The van der Waals surface area contributed by atoms with Gasteiger partial charge in [0.25, 0.3) is 0 Å². The third-order valence-electron chi connectivity index (χ3n) is 6.28. The summed E-state index contributed by atoms with van der Waals surface area (Å²) >= 11 is 0. The first-order valence-corrected chi connectivity index (χ1v) is 10.4. The molecule has 0 saturated carbocycles. The molecule has 0 bridgehead atoms. The van der Waals surface area contributed by atoms with Crippen LogP contribution in [-0.4, -0.2) is 61.9 Å². The number of fused-ring (bicyclic) bond motifs is 2. The molecule has 30 heavy (non-hydrogen) atoms. The highest BCUT2D eigenvalue weighted by atomic mass is 19.1. The van der Waals surface area contributed by atoms with Crippen LogP contribution < -0.4 is 15.4 Å². The Bertz CT molecular complexity index is 974. The third-order valence-corrected chi connectivity index (χ3v) is 6.28. The van der Waals surface area contributed by atoms with Crippen molar-refractivity contribution in [1.29, 1.82) is 0 Å². The van der Waals surface area contributed by atoms with Gasteiger partial charge in [-0.2, -0.15) is 10.1 Å². The summed E-state index contributed by atoms with van der Waals surface area (Å²) in [6, 6.07) is 0.551. The minimum absolute atomic E-state index is 0.0564. The molecule has 0 aromatic carbocycles. The monoisotopic (exact) mass is 414 g/mol. The van der Waals surface area contributed by atoms with E-state index < -0.39 is 5.82 Å². The largest absolute Gasteiger partial charge is 0.464 e. The second-order valence-corrected chi connectivity index (χ2v) is 8.34. The number of halogens is 1. The van der Waals surface area contributed by atoms with Crippen LogP contribution in [0.1, 0.15) is 38.4 Å². The number of aromatic amines is 1. The van der Waals surface area contributed by atoms with E-state index in [4.69, 9.17) is 4.74 Å². The standard InChI is InChI=1S/C20H27FN8O/c1-4-30-19-23-10-13(21)17(25-19)24-16-12-11-29(20(2,3)15(12)26-27-16)18-14-6-5-8-28(14)9-7-22-18/h5,8,10,14,18,22H,4,6-7,9,11H2,1-3H3,(H2,23,24,25,26,27)/t14?,18-/m1/s1. The van der Waals surface area contributed by atoms with Gasteiger partial charge in [0.1, 0.15) is 0 Å². The van der Waals surface area contributed by atoms with Gasteiger partial charge in [-0.1, -0.05) is 6.08 Å². The fourth-order valence-corrected chi connectivity index (χ4v) is 4.76. The van der Waals surface area contributed by atoms with Gasteiger partial charge in [0.05, 0.1) is 36.2 Å². The van der Waals surface area contributed by atoms with Crippen LogP contribution in [0, 0.1) is 5.82 Å². The number of ether oxygens (including phenoxy) is 1. The lowest BCUT2D eigenvalue weighted by atomic mass is 9.98. The predicted molar refractivity (Wildman–Crippen MR) is 110 cm³/mol. The first-order valence-electron chi connectivity index (χ1n) is 10.4. The van der Waals surface area contributed by atoms with E-state index in [-0.39, 0.29) is 23.5 Å². The third kappa shape index (κ3) is 3.02. The van der Waals surface area contributed by atoms with Gasteiger partial charge >= 0.3 is 6.01 Å². The smallest absolute Gasteiger partial charge is 0.318 e. The predicted octanol–water partition coefficient (Wildman–Crippen LogP) is 2.05. The van der Waals surface area contributed by atoms with Gasteiger partial charge in [-0.05, 0) is 33.4 Å². The van der Waals surface area contributed by atoms with Crippen LogP contribution in [0.2, 0.25) is 0 Å². The Morgan fingerprint density at radius 1 is 1.37 bits per heavy atom. The summed E-state index contributed by atoms with van der Waals surface area (Å²) in [5, 5.41) is 14.3. The first-order chi connectivity index (χ1) is 14.5. The number of hydrogen-bond acceptors (Lipinski definition) is 8. The van der Waals surface area contributed by atoms with Crippen molar-refractivity contribution >= 4 is 11.6 Å². The molecule has 1 fully saturated rings. The van der Waals surface area contributed by atoms with Crippen LogP contribution in [-0.2, 0) is 12.1 Å². The maximum Gasteiger partial charge on any atom is 0.318 e. The molecule has 2 atom stereocenters. The Hall–Kier alpha value is -2.72. The maximum atomic E-state index is 14.3. The number of H-pyrrole nitrogens is 1. The van der Waals surface area contributed by atoms with Crippen LogP contribution >= 0.6 is 0 Å². The topological polar surface area (TPSA) is 94.2 Å². The number of aromatic nitrogens is 4. The molecule has 10 heteroatoms. The number of piperazine rings is 1. The average Bonchev–Trinajstić information content (AvgIpc) is 3.41. The molecule has 160 valence electrons. The minimum Gasteiger partial charge on any atom is -0.464 e. The number of nitrogens with one attached hydrogen (secondary N) is 3. The Labute approximate surface area is 174 Å². The lowest BCUT2D eigenvalue weighted by molar-refractivity contribution is -0.00253. The van der Waals surface area contributed by atoms with Crippen molar-refractivity contribution in [2.45, 2.75) is 51.5 Å². The molecule has 1 unspecified atom stereocenters. The minimum atomic E-state index is -0.550. The molecule has 0 aliphatic carbocycles. The van der Waals surface area contributed by atoms with Gasteiger partial charge in [-0.3, -0.25) is 15.3 Å². The molecule has 5 heterocycles. The van der Waals surface area contributed by atoms with E-state index >= 15 is 0 Å². The van der Waals surface area contributed by atoms with Crippen molar-refractivity contribution in [3.8, 4) is 6.01 Å². The molecule has 0 spiro atoms. The zero-order chi connectivity index (χ0) is 20.9. The molecule has 0 radical (unpaired) electrons. The normalized spacial score (nSPS) is 24.7. The van der Waals surface area contributed by atoms with Crippen LogP contribution in [0.25, 0.3) is 0 Å². The molecular formula is C20H27FN8O. The van der Waals surface area contributed by atoms with Crippen LogP contribution in [0.15, 0.2) is 18.5 Å². The van der Waals surface area contributed by atoms with Crippen molar-refractivity contribution < 1.29 is 9.13 Å². The van der Waals surface area contributed by atoms with Crippen molar-refractivity contribution in [3.05, 3.63) is 35.5 Å². The van der Waals surface area contributed by atoms with E-state index in [0.29, 0.717) is 25.0 Å². The maximum absolute atomic E-state index is 14.3. The van der Waals surface area contributed by atoms with E-state index in [0.717, 1.165) is 37.0 Å². The van der Waals surface area contributed by atoms with Gasteiger partial charge in [0, 0.05) is 25.2 Å². The van der Waals surface area contributed by atoms with Gasteiger partial charge < -0.3 is 15.0 Å². The quantitative estimate of drug-likeness (QED) is 0.685. The van der Waals surface area contributed by atoms with Crippen LogP contribution in [0.3, 0.4) is 0 Å². The number of hydrogen-bond donors (Lipinski definition) is 3. The molecular weight excluding hydrogens is 387 g/mol. The van der Waals surface area contributed by atoms with Gasteiger partial charge in [0.15, 0.2) is 17.5 Å². The molecule has 1 saturated heterocycles. The lowest BCUT2D eigenvalue weighted by Crippen LogP contribution is -2.63. The van der Waals surface area contributed by atoms with Gasteiger partial charge in [-0.25, -0.2) is 9.37 Å². The van der Waals surface area contributed by atoms with E-state index in [1.807, 2.05) is 6.92 Å². The van der Waals surface area contributed by atoms with Crippen molar-refractivity contribution in [2.24, 2.45) is 0 Å². The summed E-state index contributed by atoms with van der Waals surface area (Å²) in [4.78, 5) is 12.9. The van der Waals surface area contributed by atoms with E-state index in [1.165, 1.54) is 0 Å². The molecule has 5 rings (SSSR count). The average molecular weight is 414 g/mol. The summed E-state index contributed by atoms with van der Waals surface area (Å²) in [6.07, 6.45) is 6.82. The van der Waals surface area contributed by atoms with Crippen molar-refractivity contribution in [1.82, 2.24) is 35.3 Å². The molecule has 0 amide bonds. The fraction of sp³-hybridized carbons (Fsp3) is 0.550. The highest BCUT2D eigenvalue weighted by Gasteiger charge is 2.48. The summed E-state index contributed by atoms with van der Waals surface area (Å²) in [7, 11) is 0. The summed E-state index contributed by atoms with van der Waals surface area (Å²) in [5.41, 5.74) is 1.82. The van der Waals surface area contributed by atoms with Crippen LogP contribution in [0.5, 0.6) is 6.01 Å². The first kappa shape index (κ1) is 19.3. The second kappa shape index (κ2) is 7.21. The Morgan fingerprint density at radius 3 is 3.07 bits per heavy atom. The Kier molecular flexibility index (Phi) is 4.62. The van der Waals surface area contributed by atoms with Crippen LogP contribution in [0.4, 0.5) is 16.0 Å². The molecule has 3 aliphatic heterocycles. The zero-order valence-electron chi connectivity index (χ0n) is 17.4. The van der Waals surface area contributed by atoms with Crippen molar-refractivity contribution in [2.75, 3.05) is 25.0 Å². The van der Waals surface area contributed by atoms with E-state index in [9.17, 15) is 4.39 Å².